The Balaban J connectivity index is 1.49. The predicted molar refractivity (Wildman–Crippen MR) is 75.2 cm³/mol. The molecular formula is C15H18BrN. The van der Waals surface area contributed by atoms with E-state index in [1.54, 1.807) is 0 Å². The molecule has 1 aromatic carbocycles. The van der Waals surface area contributed by atoms with Crippen LogP contribution in [0.3, 0.4) is 0 Å². The lowest BCUT2D eigenvalue weighted by molar-refractivity contribution is 0.267. The van der Waals surface area contributed by atoms with Crippen LogP contribution in [0.2, 0.25) is 0 Å². The smallest absolute Gasteiger partial charge is 0.0175 e. The summed E-state index contributed by atoms with van der Waals surface area (Å²) in [6.45, 7) is 0. The van der Waals surface area contributed by atoms with Gasteiger partial charge in [-0.15, -0.1) is 0 Å². The van der Waals surface area contributed by atoms with Crippen LogP contribution in [0.5, 0.6) is 0 Å². The van der Waals surface area contributed by atoms with Crippen molar-refractivity contribution in [1.82, 2.24) is 5.32 Å². The van der Waals surface area contributed by atoms with Gasteiger partial charge in [0.15, 0.2) is 0 Å². The molecule has 1 N–H and O–H groups in total. The topological polar surface area (TPSA) is 12.0 Å². The third-order valence-electron chi connectivity index (χ3n) is 3.96. The maximum atomic E-state index is 3.75. The van der Waals surface area contributed by atoms with Gasteiger partial charge in [0.2, 0.25) is 0 Å². The quantitative estimate of drug-likeness (QED) is 0.830. The van der Waals surface area contributed by atoms with Crippen LogP contribution in [-0.4, -0.2) is 12.1 Å². The second kappa shape index (κ2) is 4.95. The minimum absolute atomic E-state index is 0.714. The van der Waals surface area contributed by atoms with E-state index in [4.69, 9.17) is 0 Å². The third kappa shape index (κ3) is 2.63. The Morgan fingerprint density at radius 3 is 2.24 bits per heavy atom. The molecule has 1 nitrogen and oxygen atoms in total. The van der Waals surface area contributed by atoms with Crippen LogP contribution in [0, 0.1) is 0 Å². The first kappa shape index (κ1) is 11.5. The monoisotopic (exact) mass is 291 g/mol. The second-order valence-corrected chi connectivity index (χ2v) is 6.14. The van der Waals surface area contributed by atoms with Crippen LogP contribution in [0.4, 0.5) is 0 Å². The number of hydrogen-bond acceptors (Lipinski definition) is 1. The summed E-state index contributed by atoms with van der Waals surface area (Å²) < 4.78 is 1.17. The van der Waals surface area contributed by atoms with Crippen molar-refractivity contribution in [2.45, 2.75) is 43.7 Å². The lowest BCUT2D eigenvalue weighted by Crippen LogP contribution is -2.44. The molecule has 0 saturated heterocycles. The highest BCUT2D eigenvalue weighted by atomic mass is 79.9. The Hall–Kier alpha value is -0.600. The summed E-state index contributed by atoms with van der Waals surface area (Å²) in [7, 11) is 0. The van der Waals surface area contributed by atoms with Gasteiger partial charge >= 0.3 is 0 Å². The van der Waals surface area contributed by atoms with E-state index >= 15 is 0 Å². The zero-order valence-corrected chi connectivity index (χ0v) is 11.5. The van der Waals surface area contributed by atoms with Crippen LogP contribution >= 0.6 is 15.9 Å². The number of hydrogen-bond donors (Lipinski definition) is 1. The Morgan fingerprint density at radius 1 is 0.941 bits per heavy atom. The molecule has 0 amide bonds. The highest BCUT2D eigenvalue weighted by Crippen LogP contribution is 2.37. The summed E-state index contributed by atoms with van der Waals surface area (Å²) in [5, 5.41) is 3.75. The van der Waals surface area contributed by atoms with E-state index in [9.17, 15) is 0 Å². The molecule has 2 aliphatic rings. The maximum absolute atomic E-state index is 3.75. The summed E-state index contributed by atoms with van der Waals surface area (Å²) in [6, 6.07) is 10.3. The molecule has 17 heavy (non-hydrogen) atoms. The number of rotatable bonds is 3. The van der Waals surface area contributed by atoms with Gasteiger partial charge < -0.3 is 5.32 Å². The molecule has 1 aromatic rings. The van der Waals surface area contributed by atoms with Crippen LogP contribution in [0.1, 0.15) is 37.2 Å². The van der Waals surface area contributed by atoms with Gasteiger partial charge in [0.1, 0.15) is 0 Å². The summed E-state index contributed by atoms with van der Waals surface area (Å²) in [5.41, 5.74) is 1.50. The predicted octanol–water partition coefficient (Wildman–Crippen LogP) is 4.00. The van der Waals surface area contributed by atoms with Crippen molar-refractivity contribution >= 4 is 15.9 Å². The first-order valence-electron chi connectivity index (χ1n) is 6.48. The second-order valence-electron chi connectivity index (χ2n) is 5.22. The Labute approximate surface area is 111 Å². The van der Waals surface area contributed by atoms with Gasteiger partial charge in [-0.3, -0.25) is 0 Å². The average molecular weight is 292 g/mol. The first-order valence-corrected chi connectivity index (χ1v) is 7.27. The molecule has 90 valence electrons. The van der Waals surface area contributed by atoms with E-state index in [-0.39, 0.29) is 0 Å². The molecule has 0 aromatic heterocycles. The normalized spacial score (nSPS) is 28.3. The van der Waals surface area contributed by atoms with Crippen molar-refractivity contribution in [1.29, 1.82) is 0 Å². The lowest BCUT2D eigenvalue weighted by Gasteiger charge is -2.38. The molecule has 0 unspecified atom stereocenters. The van der Waals surface area contributed by atoms with Gasteiger partial charge in [-0.25, -0.2) is 0 Å². The molecule has 0 radical (unpaired) electrons. The fourth-order valence-corrected chi connectivity index (χ4v) is 3.11. The minimum Gasteiger partial charge on any atom is -0.311 e. The van der Waals surface area contributed by atoms with E-state index in [2.05, 4.69) is 57.7 Å². The molecule has 0 aliphatic heterocycles. The first-order chi connectivity index (χ1) is 8.31. The Bertz CT molecular complexity index is 395. The molecule has 0 heterocycles. The van der Waals surface area contributed by atoms with Crippen LogP contribution in [0.25, 0.3) is 0 Å². The number of benzene rings is 1. The van der Waals surface area contributed by atoms with Crippen molar-refractivity contribution in [2.24, 2.45) is 0 Å². The van der Waals surface area contributed by atoms with Crippen molar-refractivity contribution in [3.63, 3.8) is 0 Å². The number of nitrogens with one attached hydrogen (secondary N) is 1. The summed E-state index contributed by atoms with van der Waals surface area (Å²) in [6.07, 6.45) is 9.64. The molecule has 0 bridgehead atoms. The zero-order chi connectivity index (χ0) is 11.7. The van der Waals surface area contributed by atoms with Crippen LogP contribution in [-0.2, 0) is 0 Å². The van der Waals surface area contributed by atoms with Crippen molar-refractivity contribution in [3.05, 3.63) is 46.5 Å². The molecule has 1 saturated carbocycles. The molecule has 2 aliphatic carbocycles. The number of halogens is 1. The van der Waals surface area contributed by atoms with E-state index in [0.29, 0.717) is 6.04 Å². The summed E-state index contributed by atoms with van der Waals surface area (Å²) in [4.78, 5) is 0. The van der Waals surface area contributed by atoms with Crippen molar-refractivity contribution < 1.29 is 0 Å². The van der Waals surface area contributed by atoms with Gasteiger partial charge in [0.25, 0.3) is 0 Å². The summed E-state index contributed by atoms with van der Waals surface area (Å²) in [5.74, 6) is 0.773. The van der Waals surface area contributed by atoms with Gasteiger partial charge in [-0.2, -0.15) is 0 Å². The highest BCUT2D eigenvalue weighted by Gasteiger charge is 2.31. The van der Waals surface area contributed by atoms with Crippen LogP contribution in [0.15, 0.2) is 40.9 Å². The van der Waals surface area contributed by atoms with Gasteiger partial charge in [0, 0.05) is 16.6 Å². The summed E-state index contributed by atoms with van der Waals surface area (Å²) >= 11 is 3.49. The standard InChI is InChI=1S/C15H18BrN/c16-13-7-5-11(6-8-13)12-9-15(10-12)17-14-3-1-2-4-14/h1-2,5-8,12,14-15,17H,3-4,9-10H2. The fourth-order valence-electron chi connectivity index (χ4n) is 2.85. The lowest BCUT2D eigenvalue weighted by atomic mass is 9.75. The molecular weight excluding hydrogens is 274 g/mol. The van der Waals surface area contributed by atoms with E-state index in [1.807, 2.05) is 0 Å². The van der Waals surface area contributed by atoms with Gasteiger partial charge in [0.05, 0.1) is 0 Å². The SMILES string of the molecule is Brc1ccc(C2CC(NC3CC=CC3)C2)cc1. The highest BCUT2D eigenvalue weighted by molar-refractivity contribution is 9.10. The zero-order valence-electron chi connectivity index (χ0n) is 9.90. The molecule has 0 spiro atoms. The van der Waals surface area contributed by atoms with Gasteiger partial charge in [-0.1, -0.05) is 40.2 Å². The third-order valence-corrected chi connectivity index (χ3v) is 4.49. The minimum atomic E-state index is 0.714. The van der Waals surface area contributed by atoms with E-state index < -0.39 is 0 Å². The molecule has 3 rings (SSSR count). The molecule has 2 heteroatoms. The van der Waals surface area contributed by atoms with Crippen molar-refractivity contribution in [2.75, 3.05) is 0 Å². The largest absolute Gasteiger partial charge is 0.311 e. The average Bonchev–Trinajstić information content (AvgIpc) is 2.77. The molecule has 1 fully saturated rings. The Morgan fingerprint density at radius 2 is 1.59 bits per heavy atom. The maximum Gasteiger partial charge on any atom is 0.0175 e. The Kier molecular flexibility index (Phi) is 3.34. The van der Waals surface area contributed by atoms with Crippen molar-refractivity contribution in [3.8, 4) is 0 Å². The van der Waals surface area contributed by atoms with E-state index in [1.165, 1.54) is 35.7 Å². The van der Waals surface area contributed by atoms with Gasteiger partial charge in [-0.05, 0) is 49.3 Å². The van der Waals surface area contributed by atoms with Crippen LogP contribution < -0.4 is 5.32 Å². The fraction of sp³-hybridized carbons (Fsp3) is 0.467. The van der Waals surface area contributed by atoms with E-state index in [0.717, 1.165) is 12.0 Å². The molecule has 0 atom stereocenters.